The fourth-order valence-corrected chi connectivity index (χ4v) is 4.21. The van der Waals surface area contributed by atoms with E-state index >= 15 is 0 Å². The van der Waals surface area contributed by atoms with Crippen molar-refractivity contribution in [3.8, 4) is 0 Å². The monoisotopic (exact) mass is 357 g/mol. The lowest BCUT2D eigenvalue weighted by Gasteiger charge is -2.07. The molecule has 0 heterocycles. The van der Waals surface area contributed by atoms with Gasteiger partial charge in [0, 0.05) is 5.69 Å². The van der Waals surface area contributed by atoms with Crippen molar-refractivity contribution in [1.82, 2.24) is 0 Å². The van der Waals surface area contributed by atoms with E-state index in [2.05, 4.69) is 72.8 Å². The van der Waals surface area contributed by atoms with Gasteiger partial charge in [-0.25, -0.2) is 0 Å². The Morgan fingerprint density at radius 1 is 0.524 bits per heavy atom. The number of rotatable bonds is 3. The second-order valence-corrected chi connectivity index (χ2v) is 6.53. The number of benzene rings is 3. The molecule has 0 aliphatic rings. The molecule has 3 aromatic rings. The highest BCUT2D eigenvalue weighted by Gasteiger charge is 2.27. The van der Waals surface area contributed by atoms with Crippen LogP contribution in [0, 0.1) is 0 Å². The summed E-state index contributed by atoms with van der Waals surface area (Å²) < 4.78 is 0. The number of nitrogens with two attached hydrogens (primary N) is 1. The van der Waals surface area contributed by atoms with Gasteiger partial charge in [-0.3, -0.25) is 0 Å². The largest absolute Gasteiger partial charge is 1.00 e. The molecule has 0 radical (unpaired) electrons. The Balaban J connectivity index is 0.00000161. The third-order valence-corrected chi connectivity index (χ3v) is 5.30. The van der Waals surface area contributed by atoms with Crippen molar-refractivity contribution in [3.05, 3.63) is 84.9 Å². The molecule has 3 heteroatoms. The van der Waals surface area contributed by atoms with E-state index in [9.17, 15) is 0 Å². The van der Waals surface area contributed by atoms with Crippen molar-refractivity contribution in [2.75, 3.05) is 5.73 Å². The standard InChI is InChI=1S/C18H16NS.BrH/c19-15-11-13-18(14-12-15)20(16-7-3-1-4-8-16)17-9-5-2-6-10-17;/h1-14H,19H2;1H/q+1;/p-1. The van der Waals surface area contributed by atoms with Gasteiger partial charge < -0.3 is 22.7 Å². The third kappa shape index (κ3) is 3.69. The van der Waals surface area contributed by atoms with E-state index in [1.165, 1.54) is 14.7 Å². The molecule has 21 heavy (non-hydrogen) atoms. The van der Waals surface area contributed by atoms with Crippen LogP contribution in [0.5, 0.6) is 0 Å². The van der Waals surface area contributed by atoms with Gasteiger partial charge in [-0.05, 0) is 48.5 Å². The fraction of sp³-hybridized carbons (Fsp3) is 0. The molecule has 0 unspecified atom stereocenters. The number of nitrogen functional groups attached to an aromatic ring is 1. The van der Waals surface area contributed by atoms with Crippen molar-refractivity contribution in [1.29, 1.82) is 0 Å². The van der Waals surface area contributed by atoms with Gasteiger partial charge in [0.05, 0.1) is 10.9 Å². The van der Waals surface area contributed by atoms with Gasteiger partial charge in [0.15, 0.2) is 14.7 Å². The maximum Gasteiger partial charge on any atom is 0.166 e. The van der Waals surface area contributed by atoms with Gasteiger partial charge in [-0.2, -0.15) is 0 Å². The molecule has 106 valence electrons. The zero-order valence-corrected chi connectivity index (χ0v) is 13.8. The second kappa shape index (κ2) is 7.34. The molecule has 0 saturated carbocycles. The highest BCUT2D eigenvalue weighted by atomic mass is 79.9. The van der Waals surface area contributed by atoms with Crippen molar-refractivity contribution >= 4 is 16.6 Å². The second-order valence-electron chi connectivity index (χ2n) is 4.50. The fourth-order valence-electron chi connectivity index (χ4n) is 2.13. The van der Waals surface area contributed by atoms with Crippen LogP contribution in [0.15, 0.2) is 99.6 Å². The Kier molecular flexibility index (Phi) is 5.48. The van der Waals surface area contributed by atoms with Crippen molar-refractivity contribution in [2.24, 2.45) is 0 Å². The van der Waals surface area contributed by atoms with Crippen molar-refractivity contribution in [2.45, 2.75) is 14.7 Å². The lowest BCUT2D eigenvalue weighted by Crippen LogP contribution is -3.00. The van der Waals surface area contributed by atoms with E-state index in [0.717, 1.165) is 5.69 Å². The number of halogens is 1. The maximum atomic E-state index is 5.81. The molecule has 0 atom stereocenters. The molecule has 0 spiro atoms. The van der Waals surface area contributed by atoms with Crippen LogP contribution < -0.4 is 22.7 Å². The Hall–Kier alpha value is -1.71. The lowest BCUT2D eigenvalue weighted by molar-refractivity contribution is -0.00000397. The summed E-state index contributed by atoms with van der Waals surface area (Å²) in [5, 5.41) is 0. The van der Waals surface area contributed by atoms with Crippen LogP contribution in [0.3, 0.4) is 0 Å². The molecule has 0 amide bonds. The van der Waals surface area contributed by atoms with Crippen LogP contribution >= 0.6 is 0 Å². The van der Waals surface area contributed by atoms with Crippen LogP contribution in [0.2, 0.25) is 0 Å². The van der Waals surface area contributed by atoms with E-state index < -0.39 is 0 Å². The molecule has 0 aliphatic heterocycles. The molecule has 2 N–H and O–H groups in total. The highest BCUT2D eigenvalue weighted by molar-refractivity contribution is 7.97. The molecule has 0 aliphatic carbocycles. The van der Waals surface area contributed by atoms with Crippen LogP contribution in [0.25, 0.3) is 0 Å². The van der Waals surface area contributed by atoms with Gasteiger partial charge in [0.2, 0.25) is 0 Å². The summed E-state index contributed by atoms with van der Waals surface area (Å²) in [6, 6.07) is 29.4. The first-order chi connectivity index (χ1) is 9.84. The van der Waals surface area contributed by atoms with Crippen LogP contribution in [-0.2, 0) is 10.9 Å². The number of anilines is 1. The van der Waals surface area contributed by atoms with Crippen molar-refractivity contribution < 1.29 is 17.0 Å². The predicted octanol–water partition coefficient (Wildman–Crippen LogP) is 1.37. The Labute approximate surface area is 138 Å². The maximum absolute atomic E-state index is 5.81. The summed E-state index contributed by atoms with van der Waals surface area (Å²) in [7, 11) is -0.0785. The molecule has 0 saturated heterocycles. The summed E-state index contributed by atoms with van der Waals surface area (Å²) in [5.74, 6) is 0. The Bertz CT molecular complexity index is 629. The minimum absolute atomic E-state index is 0. The third-order valence-electron chi connectivity index (χ3n) is 3.07. The predicted molar refractivity (Wildman–Crippen MR) is 85.9 cm³/mol. The first-order valence-electron chi connectivity index (χ1n) is 6.54. The first kappa shape index (κ1) is 15.7. The molecule has 0 fully saturated rings. The molecule has 0 bridgehead atoms. The van der Waals surface area contributed by atoms with Crippen LogP contribution in [0.4, 0.5) is 5.69 Å². The van der Waals surface area contributed by atoms with Crippen molar-refractivity contribution in [3.63, 3.8) is 0 Å². The van der Waals surface area contributed by atoms with Gasteiger partial charge >= 0.3 is 0 Å². The summed E-state index contributed by atoms with van der Waals surface area (Å²) in [6.07, 6.45) is 0. The first-order valence-corrected chi connectivity index (χ1v) is 7.77. The molecule has 0 aromatic heterocycles. The van der Waals surface area contributed by atoms with Gasteiger partial charge in [0.25, 0.3) is 0 Å². The van der Waals surface area contributed by atoms with Gasteiger partial charge in [0.1, 0.15) is 0 Å². The Morgan fingerprint density at radius 3 is 1.33 bits per heavy atom. The summed E-state index contributed by atoms with van der Waals surface area (Å²) in [5.41, 5.74) is 6.61. The highest BCUT2D eigenvalue weighted by Crippen LogP contribution is 2.31. The van der Waals surface area contributed by atoms with E-state index in [1.807, 2.05) is 12.1 Å². The van der Waals surface area contributed by atoms with Gasteiger partial charge in [-0.15, -0.1) is 0 Å². The quantitative estimate of drug-likeness (QED) is 0.556. The zero-order valence-electron chi connectivity index (χ0n) is 11.4. The SMILES string of the molecule is Nc1ccc([S+](c2ccccc2)c2ccccc2)cc1.[Br-]. The average molecular weight is 358 g/mol. The van der Waals surface area contributed by atoms with Crippen LogP contribution in [-0.4, -0.2) is 0 Å². The number of hydrogen-bond acceptors (Lipinski definition) is 1. The molecular weight excluding hydrogens is 342 g/mol. The summed E-state index contributed by atoms with van der Waals surface area (Å²) >= 11 is 0. The minimum Gasteiger partial charge on any atom is -1.00 e. The van der Waals surface area contributed by atoms with E-state index in [0.29, 0.717) is 0 Å². The van der Waals surface area contributed by atoms with Gasteiger partial charge in [-0.1, -0.05) is 36.4 Å². The summed E-state index contributed by atoms with van der Waals surface area (Å²) in [6.45, 7) is 0. The minimum atomic E-state index is -0.0785. The molecule has 3 rings (SSSR count). The van der Waals surface area contributed by atoms with E-state index in [-0.39, 0.29) is 27.9 Å². The number of hydrogen-bond donors (Lipinski definition) is 1. The molecule has 3 aromatic carbocycles. The smallest absolute Gasteiger partial charge is 0.166 e. The van der Waals surface area contributed by atoms with E-state index in [4.69, 9.17) is 5.73 Å². The molecule has 1 nitrogen and oxygen atoms in total. The van der Waals surface area contributed by atoms with E-state index in [1.54, 1.807) is 0 Å². The zero-order chi connectivity index (χ0) is 13.8. The normalized spacial score (nSPS) is 10.1. The molecular formula is C18H16BrNS. The average Bonchev–Trinajstić information content (AvgIpc) is 2.52. The topological polar surface area (TPSA) is 26.0 Å². The van der Waals surface area contributed by atoms with Crippen LogP contribution in [0.1, 0.15) is 0 Å². The lowest BCUT2D eigenvalue weighted by atomic mass is 10.3. The Morgan fingerprint density at radius 2 is 0.905 bits per heavy atom. The summed E-state index contributed by atoms with van der Waals surface area (Å²) in [4.78, 5) is 3.93.